The average Bonchev–Trinajstić information content (AvgIpc) is 2.59. The molecule has 27 heavy (non-hydrogen) atoms. The van der Waals surface area contributed by atoms with Gasteiger partial charge in [0.2, 0.25) is 10.0 Å². The first kappa shape index (κ1) is 23.7. The predicted molar refractivity (Wildman–Crippen MR) is 97.2 cm³/mol. The quantitative estimate of drug-likeness (QED) is 0.750. The van der Waals surface area contributed by atoms with Crippen LogP contribution < -0.4 is 11.1 Å². The topological polar surface area (TPSA) is 92.5 Å². The monoisotopic (exact) mass is 429 g/mol. The molecule has 3 N–H and O–H groups in total. The van der Waals surface area contributed by atoms with Crippen LogP contribution in [0.5, 0.6) is 0 Å². The lowest BCUT2D eigenvalue weighted by molar-refractivity contribution is -0.123. The molecule has 1 aliphatic heterocycles. The Hall–Kier alpha value is -1.36. The number of carbonyl (C=O) groups is 1. The summed E-state index contributed by atoms with van der Waals surface area (Å²) >= 11 is 0. The van der Waals surface area contributed by atoms with Crippen LogP contribution in [0, 0.1) is 5.92 Å². The van der Waals surface area contributed by atoms with E-state index in [0.29, 0.717) is 19.5 Å². The molecule has 1 saturated heterocycles. The normalized spacial score (nSPS) is 19.8. The van der Waals surface area contributed by atoms with Gasteiger partial charge in [-0.2, -0.15) is 17.5 Å². The number of alkyl halides is 3. The van der Waals surface area contributed by atoms with Crippen molar-refractivity contribution in [3.8, 4) is 0 Å². The maximum Gasteiger partial charge on any atom is 0.405 e. The maximum atomic E-state index is 12.7. The maximum absolute atomic E-state index is 12.7. The highest BCUT2D eigenvalue weighted by atomic mass is 35.5. The van der Waals surface area contributed by atoms with Gasteiger partial charge in [-0.05, 0) is 49.9 Å². The van der Waals surface area contributed by atoms with Gasteiger partial charge in [0.15, 0.2) is 0 Å². The van der Waals surface area contributed by atoms with Crippen LogP contribution >= 0.6 is 12.4 Å². The minimum Gasteiger partial charge on any atom is -0.343 e. The lowest BCUT2D eigenvalue weighted by atomic mass is 9.93. The van der Waals surface area contributed by atoms with E-state index < -0.39 is 28.7 Å². The van der Waals surface area contributed by atoms with E-state index in [1.807, 2.05) is 6.92 Å². The van der Waals surface area contributed by atoms with E-state index in [4.69, 9.17) is 5.73 Å². The number of piperidine rings is 1. The van der Waals surface area contributed by atoms with Gasteiger partial charge in [-0.15, -0.1) is 12.4 Å². The Balaban J connectivity index is 0.00000364. The van der Waals surface area contributed by atoms with Gasteiger partial charge in [0, 0.05) is 24.7 Å². The molecule has 1 fully saturated rings. The molecule has 2 unspecified atom stereocenters. The molecule has 6 nitrogen and oxygen atoms in total. The van der Waals surface area contributed by atoms with Crippen LogP contribution in [0.3, 0.4) is 0 Å². The number of carbonyl (C=O) groups excluding carboxylic acids is 1. The van der Waals surface area contributed by atoms with Gasteiger partial charge in [-0.1, -0.05) is 0 Å². The van der Waals surface area contributed by atoms with Crippen molar-refractivity contribution in [3.05, 3.63) is 29.8 Å². The van der Waals surface area contributed by atoms with Crippen LogP contribution in [0.1, 0.15) is 30.1 Å². The Labute approximate surface area is 162 Å². The van der Waals surface area contributed by atoms with E-state index in [1.54, 1.807) is 5.32 Å². The molecule has 11 heteroatoms. The highest BCUT2D eigenvalue weighted by molar-refractivity contribution is 7.89. The summed E-state index contributed by atoms with van der Waals surface area (Å²) in [6, 6.07) is 4.74. The third-order valence-corrected chi connectivity index (χ3v) is 6.25. The van der Waals surface area contributed by atoms with Gasteiger partial charge in [-0.25, -0.2) is 8.42 Å². The third kappa shape index (κ3) is 6.34. The number of rotatable bonds is 5. The Morgan fingerprint density at radius 3 is 2.44 bits per heavy atom. The molecule has 0 saturated carbocycles. The van der Waals surface area contributed by atoms with Gasteiger partial charge < -0.3 is 11.1 Å². The van der Waals surface area contributed by atoms with Gasteiger partial charge in [0.25, 0.3) is 5.91 Å². The number of amides is 1. The van der Waals surface area contributed by atoms with Crippen molar-refractivity contribution >= 4 is 28.3 Å². The van der Waals surface area contributed by atoms with Gasteiger partial charge in [0.05, 0.1) is 4.90 Å². The van der Waals surface area contributed by atoms with Crippen molar-refractivity contribution < 1.29 is 26.4 Å². The lowest BCUT2D eigenvalue weighted by Crippen LogP contribution is -2.44. The summed E-state index contributed by atoms with van der Waals surface area (Å²) in [7, 11) is -3.74. The number of benzene rings is 1. The van der Waals surface area contributed by atoms with Crippen molar-refractivity contribution in [1.29, 1.82) is 0 Å². The van der Waals surface area contributed by atoms with Crippen LogP contribution in [-0.2, 0) is 10.0 Å². The molecule has 1 amide bonds. The van der Waals surface area contributed by atoms with Crippen LogP contribution in [0.4, 0.5) is 13.2 Å². The fourth-order valence-electron chi connectivity index (χ4n) is 2.83. The first-order chi connectivity index (χ1) is 12.0. The second-order valence-electron chi connectivity index (χ2n) is 6.45. The number of hydrogen-bond acceptors (Lipinski definition) is 4. The van der Waals surface area contributed by atoms with Gasteiger partial charge in [0.1, 0.15) is 6.54 Å². The SMILES string of the molecule is CC(N)C1CCCN(S(=O)(=O)c2ccc(C(=O)NCC(F)(F)F)cc2)C1.Cl. The number of nitrogens with one attached hydrogen (secondary N) is 1. The van der Waals surface area contributed by atoms with Crippen molar-refractivity contribution in [2.45, 2.75) is 36.9 Å². The second kappa shape index (κ2) is 9.22. The van der Waals surface area contributed by atoms with Crippen molar-refractivity contribution in [3.63, 3.8) is 0 Å². The van der Waals surface area contributed by atoms with Crippen molar-refractivity contribution in [2.75, 3.05) is 19.6 Å². The largest absolute Gasteiger partial charge is 0.405 e. The van der Waals surface area contributed by atoms with E-state index in [1.165, 1.54) is 28.6 Å². The standard InChI is InChI=1S/C16H22F3N3O3S.ClH/c1-11(20)13-3-2-8-22(9-13)26(24,25)14-6-4-12(5-7-14)15(23)21-10-16(17,18)19;/h4-7,11,13H,2-3,8-10,20H2,1H3,(H,21,23);1H. The van der Waals surface area contributed by atoms with Crippen LogP contribution in [0.2, 0.25) is 0 Å². The predicted octanol–water partition coefficient (Wildman–Crippen LogP) is 2.15. The van der Waals surface area contributed by atoms with Gasteiger partial charge in [-0.3, -0.25) is 4.79 Å². The zero-order chi connectivity index (χ0) is 19.5. The molecule has 0 aliphatic carbocycles. The number of nitrogens with two attached hydrogens (primary N) is 1. The number of halogens is 4. The minimum absolute atomic E-state index is 0. The second-order valence-corrected chi connectivity index (χ2v) is 8.38. The van der Waals surface area contributed by atoms with Crippen molar-refractivity contribution in [1.82, 2.24) is 9.62 Å². The summed E-state index contributed by atoms with van der Waals surface area (Å²) in [5, 5.41) is 1.74. The van der Waals surface area contributed by atoms with Gasteiger partial charge >= 0.3 is 6.18 Å². The van der Waals surface area contributed by atoms with Crippen LogP contribution in [0.25, 0.3) is 0 Å². The fourth-order valence-corrected chi connectivity index (χ4v) is 4.37. The highest BCUT2D eigenvalue weighted by Gasteiger charge is 2.32. The Morgan fingerprint density at radius 1 is 1.33 bits per heavy atom. The number of sulfonamides is 1. The van der Waals surface area contributed by atoms with E-state index in [-0.39, 0.29) is 34.8 Å². The molecule has 1 aromatic carbocycles. The molecule has 1 aliphatic rings. The Kier molecular flexibility index (Phi) is 8.09. The average molecular weight is 430 g/mol. The Bertz CT molecular complexity index is 740. The molecule has 0 radical (unpaired) electrons. The molecule has 1 heterocycles. The first-order valence-electron chi connectivity index (χ1n) is 8.21. The van der Waals surface area contributed by atoms with E-state index in [0.717, 1.165) is 6.42 Å². The van der Waals surface area contributed by atoms with Crippen LogP contribution in [0.15, 0.2) is 29.2 Å². The third-order valence-electron chi connectivity index (χ3n) is 4.37. The molecular formula is C16H23ClF3N3O3S. The number of hydrogen-bond donors (Lipinski definition) is 2. The molecule has 1 aromatic rings. The molecule has 2 rings (SSSR count). The summed E-state index contributed by atoms with van der Waals surface area (Å²) in [5.74, 6) is -0.841. The molecular weight excluding hydrogens is 407 g/mol. The Morgan fingerprint density at radius 2 is 1.93 bits per heavy atom. The summed E-state index contributed by atoms with van der Waals surface area (Å²) < 4.78 is 63.2. The fraction of sp³-hybridized carbons (Fsp3) is 0.562. The smallest absolute Gasteiger partial charge is 0.343 e. The highest BCUT2D eigenvalue weighted by Crippen LogP contribution is 2.25. The zero-order valence-corrected chi connectivity index (χ0v) is 16.3. The lowest BCUT2D eigenvalue weighted by Gasteiger charge is -2.33. The molecule has 0 bridgehead atoms. The summed E-state index contributed by atoms with van der Waals surface area (Å²) in [5.41, 5.74) is 5.84. The molecule has 0 spiro atoms. The van der Waals surface area contributed by atoms with Crippen LogP contribution in [-0.4, -0.2) is 50.5 Å². The molecule has 2 atom stereocenters. The van der Waals surface area contributed by atoms with E-state index in [9.17, 15) is 26.4 Å². The first-order valence-corrected chi connectivity index (χ1v) is 9.65. The number of nitrogens with zero attached hydrogens (tertiary/aromatic N) is 1. The van der Waals surface area contributed by atoms with E-state index >= 15 is 0 Å². The molecule has 154 valence electrons. The summed E-state index contributed by atoms with van der Waals surface area (Å²) in [6.45, 7) is 1.11. The van der Waals surface area contributed by atoms with Crippen molar-refractivity contribution in [2.24, 2.45) is 11.7 Å². The summed E-state index contributed by atoms with van der Waals surface area (Å²) in [6.07, 6.45) is -2.94. The zero-order valence-electron chi connectivity index (χ0n) is 14.7. The minimum atomic E-state index is -4.51. The molecule has 0 aromatic heterocycles. The van der Waals surface area contributed by atoms with E-state index in [2.05, 4.69) is 0 Å². The summed E-state index contributed by atoms with van der Waals surface area (Å²) in [4.78, 5) is 11.7.